The lowest BCUT2D eigenvalue weighted by molar-refractivity contribution is -0.192. The molecule has 1 atom stereocenters. The van der Waals surface area contributed by atoms with Gasteiger partial charge in [0.25, 0.3) is 0 Å². The Morgan fingerprint density at radius 2 is 1.78 bits per heavy atom. The van der Waals surface area contributed by atoms with Crippen LogP contribution in [0, 0.1) is 0 Å². The van der Waals surface area contributed by atoms with Crippen LogP contribution in [0.2, 0.25) is 0 Å². The number of nitrogens with zero attached hydrogens (tertiary/aromatic N) is 4. The van der Waals surface area contributed by atoms with Crippen molar-refractivity contribution >= 4 is 11.9 Å². The SMILES string of the molecule is O=C(COC1CCCC1)N1Cc2ccnn2C(CN2CCCCC2)C1.O=C(O)C(F)(F)F. The van der Waals surface area contributed by atoms with Gasteiger partial charge in [0, 0.05) is 19.3 Å². The second kappa shape index (κ2) is 11.1. The number of aliphatic carboxylic acids is 1. The summed E-state index contributed by atoms with van der Waals surface area (Å²) in [5, 5.41) is 11.7. The molecule has 0 bridgehead atoms. The summed E-state index contributed by atoms with van der Waals surface area (Å²) in [5.41, 5.74) is 1.14. The van der Waals surface area contributed by atoms with E-state index < -0.39 is 12.1 Å². The summed E-state index contributed by atoms with van der Waals surface area (Å²) in [6.07, 6.45) is 5.68. The van der Waals surface area contributed by atoms with E-state index in [1.807, 2.05) is 17.2 Å². The van der Waals surface area contributed by atoms with E-state index in [1.165, 1.54) is 45.2 Å². The fourth-order valence-electron chi connectivity index (χ4n) is 4.49. The average molecular weight is 460 g/mol. The molecule has 0 radical (unpaired) electrons. The summed E-state index contributed by atoms with van der Waals surface area (Å²) in [6, 6.07) is 2.30. The Bertz CT molecular complexity index is 758. The average Bonchev–Trinajstić information content (AvgIpc) is 3.44. The van der Waals surface area contributed by atoms with Crippen molar-refractivity contribution in [1.29, 1.82) is 0 Å². The quantitative estimate of drug-likeness (QED) is 0.727. The summed E-state index contributed by atoms with van der Waals surface area (Å²) in [4.78, 5) is 26.1. The number of amides is 1. The van der Waals surface area contributed by atoms with E-state index in [2.05, 4.69) is 14.7 Å². The number of hydrogen-bond acceptors (Lipinski definition) is 5. The van der Waals surface area contributed by atoms with E-state index in [0.717, 1.165) is 31.6 Å². The third-order valence-electron chi connectivity index (χ3n) is 6.14. The van der Waals surface area contributed by atoms with Crippen LogP contribution in [-0.2, 0) is 20.9 Å². The van der Waals surface area contributed by atoms with Gasteiger partial charge in [-0.1, -0.05) is 19.3 Å². The number of alkyl halides is 3. The van der Waals surface area contributed by atoms with Crippen LogP contribution in [-0.4, -0.2) is 81.6 Å². The van der Waals surface area contributed by atoms with Crippen LogP contribution >= 0.6 is 0 Å². The zero-order valence-corrected chi connectivity index (χ0v) is 18.1. The van der Waals surface area contributed by atoms with Crippen molar-refractivity contribution in [3.63, 3.8) is 0 Å². The van der Waals surface area contributed by atoms with E-state index in [-0.39, 0.29) is 18.6 Å². The second-order valence-corrected chi connectivity index (χ2v) is 8.58. The Hall–Kier alpha value is -2.14. The lowest BCUT2D eigenvalue weighted by Gasteiger charge is -2.37. The Balaban J connectivity index is 0.000000360. The first-order valence-electron chi connectivity index (χ1n) is 11.2. The summed E-state index contributed by atoms with van der Waals surface area (Å²) < 4.78 is 39.7. The summed E-state index contributed by atoms with van der Waals surface area (Å²) in [7, 11) is 0. The third-order valence-corrected chi connectivity index (χ3v) is 6.14. The molecule has 180 valence electrons. The molecule has 3 aliphatic rings. The molecule has 1 N–H and O–H groups in total. The van der Waals surface area contributed by atoms with Gasteiger partial charge in [-0.25, -0.2) is 4.79 Å². The minimum absolute atomic E-state index is 0.128. The maximum absolute atomic E-state index is 12.7. The normalized spacial score (nSPS) is 22.2. The van der Waals surface area contributed by atoms with Crippen LogP contribution in [0.4, 0.5) is 13.2 Å². The summed E-state index contributed by atoms with van der Waals surface area (Å²) >= 11 is 0. The number of fused-ring (bicyclic) bond motifs is 1. The first-order chi connectivity index (χ1) is 15.2. The van der Waals surface area contributed by atoms with Gasteiger partial charge in [-0.3, -0.25) is 9.48 Å². The van der Waals surface area contributed by atoms with E-state index >= 15 is 0 Å². The highest BCUT2D eigenvalue weighted by molar-refractivity contribution is 5.77. The van der Waals surface area contributed by atoms with Crippen LogP contribution in [0.5, 0.6) is 0 Å². The zero-order chi connectivity index (χ0) is 23.1. The maximum Gasteiger partial charge on any atom is 0.490 e. The van der Waals surface area contributed by atoms with Crippen LogP contribution in [0.25, 0.3) is 0 Å². The van der Waals surface area contributed by atoms with Gasteiger partial charge in [0.15, 0.2) is 0 Å². The molecular formula is C21H31F3N4O4. The van der Waals surface area contributed by atoms with Gasteiger partial charge in [-0.15, -0.1) is 0 Å². The highest BCUT2D eigenvalue weighted by atomic mass is 19.4. The molecule has 1 saturated carbocycles. The van der Waals surface area contributed by atoms with Gasteiger partial charge in [0.2, 0.25) is 5.91 Å². The molecule has 8 nitrogen and oxygen atoms in total. The van der Waals surface area contributed by atoms with Crippen LogP contribution in [0.15, 0.2) is 12.3 Å². The number of likely N-dealkylation sites (tertiary alicyclic amines) is 1. The molecule has 4 rings (SSSR count). The van der Waals surface area contributed by atoms with Crippen molar-refractivity contribution < 1.29 is 32.6 Å². The largest absolute Gasteiger partial charge is 0.490 e. The van der Waals surface area contributed by atoms with Gasteiger partial charge >= 0.3 is 12.1 Å². The molecule has 11 heteroatoms. The fraction of sp³-hybridized carbons (Fsp3) is 0.762. The number of piperidine rings is 1. The van der Waals surface area contributed by atoms with Gasteiger partial charge in [-0.05, 0) is 44.8 Å². The minimum atomic E-state index is -5.08. The van der Waals surface area contributed by atoms with Gasteiger partial charge < -0.3 is 19.6 Å². The van der Waals surface area contributed by atoms with Crippen molar-refractivity contribution in [3.05, 3.63) is 18.0 Å². The third kappa shape index (κ3) is 6.93. The molecule has 0 spiro atoms. The summed E-state index contributed by atoms with van der Waals surface area (Å²) in [6.45, 7) is 4.97. The standard InChI is InChI=1S/C19H30N4O2.C2HF3O2/c24-19(15-25-18-6-2-3-7-18)22-13-16-8-9-20-23(16)17(14-22)12-21-10-4-1-5-11-21;3-2(4,5)1(6)7/h8-9,17-18H,1-7,10-15H2;(H,6,7). The molecular weight excluding hydrogens is 429 g/mol. The number of halogens is 3. The second-order valence-electron chi connectivity index (χ2n) is 8.58. The van der Waals surface area contributed by atoms with Crippen molar-refractivity contribution in [2.75, 3.05) is 32.8 Å². The van der Waals surface area contributed by atoms with Crippen molar-refractivity contribution in [3.8, 4) is 0 Å². The van der Waals surface area contributed by atoms with Crippen LogP contribution in [0.3, 0.4) is 0 Å². The number of carbonyl (C=O) groups excluding carboxylic acids is 1. The number of carboxylic acid groups (broad SMARTS) is 1. The molecule has 32 heavy (non-hydrogen) atoms. The summed E-state index contributed by atoms with van der Waals surface area (Å²) in [5.74, 6) is -2.63. The zero-order valence-electron chi connectivity index (χ0n) is 18.1. The van der Waals surface area contributed by atoms with Gasteiger partial charge in [-0.2, -0.15) is 18.3 Å². The van der Waals surface area contributed by atoms with Crippen molar-refractivity contribution in [1.82, 2.24) is 19.6 Å². The highest BCUT2D eigenvalue weighted by Crippen LogP contribution is 2.24. The Kier molecular flexibility index (Phi) is 8.52. The monoisotopic (exact) mass is 460 g/mol. The van der Waals surface area contributed by atoms with E-state index in [0.29, 0.717) is 12.6 Å². The molecule has 1 amide bonds. The number of rotatable bonds is 5. The number of ether oxygens (including phenoxy) is 1. The van der Waals surface area contributed by atoms with Crippen LogP contribution < -0.4 is 0 Å². The topological polar surface area (TPSA) is 87.9 Å². The predicted octanol–water partition coefficient (Wildman–Crippen LogP) is 2.84. The van der Waals surface area contributed by atoms with Crippen molar-refractivity contribution in [2.24, 2.45) is 0 Å². The molecule has 1 aromatic heterocycles. The predicted molar refractivity (Wildman–Crippen MR) is 109 cm³/mol. The molecule has 2 fully saturated rings. The minimum Gasteiger partial charge on any atom is -0.475 e. The van der Waals surface area contributed by atoms with Gasteiger partial charge in [0.05, 0.1) is 24.4 Å². The highest BCUT2D eigenvalue weighted by Gasteiger charge is 2.38. The van der Waals surface area contributed by atoms with E-state index in [9.17, 15) is 18.0 Å². The Morgan fingerprint density at radius 3 is 2.41 bits per heavy atom. The molecule has 1 aromatic rings. The van der Waals surface area contributed by atoms with Crippen LogP contribution in [0.1, 0.15) is 56.7 Å². The number of carbonyl (C=O) groups is 2. The molecule has 1 saturated heterocycles. The van der Waals surface area contributed by atoms with Crippen molar-refractivity contribution in [2.45, 2.75) is 69.8 Å². The van der Waals surface area contributed by atoms with E-state index in [4.69, 9.17) is 14.6 Å². The lowest BCUT2D eigenvalue weighted by atomic mass is 10.1. The molecule has 1 aliphatic carbocycles. The van der Waals surface area contributed by atoms with E-state index in [1.54, 1.807) is 0 Å². The Labute approximate surface area is 185 Å². The number of aromatic nitrogens is 2. The lowest BCUT2D eigenvalue weighted by Crippen LogP contribution is -2.47. The first kappa shape index (κ1) is 24.5. The maximum atomic E-state index is 12.7. The smallest absolute Gasteiger partial charge is 0.475 e. The van der Waals surface area contributed by atoms with Gasteiger partial charge in [0.1, 0.15) is 6.61 Å². The number of hydrogen-bond donors (Lipinski definition) is 1. The molecule has 1 unspecified atom stereocenters. The number of carboxylic acids is 1. The molecule has 3 heterocycles. The fourth-order valence-corrected chi connectivity index (χ4v) is 4.49. The first-order valence-corrected chi connectivity index (χ1v) is 11.2. The Morgan fingerprint density at radius 1 is 1.12 bits per heavy atom. The molecule has 0 aromatic carbocycles. The molecule has 2 aliphatic heterocycles.